The number of anilines is 1. The molecule has 0 saturated heterocycles. The van der Waals surface area contributed by atoms with E-state index in [1.165, 1.54) is 17.2 Å². The summed E-state index contributed by atoms with van der Waals surface area (Å²) < 4.78 is 13.9. The summed E-state index contributed by atoms with van der Waals surface area (Å²) in [6.45, 7) is 0. The Labute approximate surface area is 111 Å². The maximum absolute atomic E-state index is 13.9. The molecule has 2 nitrogen and oxygen atoms in total. The molecule has 0 fully saturated rings. The zero-order valence-corrected chi connectivity index (χ0v) is 10.4. The van der Waals surface area contributed by atoms with Gasteiger partial charge in [0.15, 0.2) is 0 Å². The minimum absolute atomic E-state index is 0.152. The van der Waals surface area contributed by atoms with Gasteiger partial charge in [-0.05, 0) is 42.2 Å². The zero-order valence-electron chi connectivity index (χ0n) is 10.4. The van der Waals surface area contributed by atoms with Gasteiger partial charge in [0.25, 0.3) is 0 Å². The first-order valence-corrected chi connectivity index (χ1v) is 6.32. The second-order valence-electron chi connectivity index (χ2n) is 4.74. The molecule has 0 heterocycles. The van der Waals surface area contributed by atoms with E-state index in [1.54, 1.807) is 12.1 Å². The Morgan fingerprint density at radius 1 is 1.21 bits per heavy atom. The fourth-order valence-corrected chi connectivity index (χ4v) is 2.60. The number of hydrogen-bond acceptors (Lipinski definition) is 2. The van der Waals surface area contributed by atoms with E-state index in [0.717, 1.165) is 12.8 Å². The van der Waals surface area contributed by atoms with E-state index < -0.39 is 0 Å². The van der Waals surface area contributed by atoms with Gasteiger partial charge in [0.1, 0.15) is 5.82 Å². The summed E-state index contributed by atoms with van der Waals surface area (Å²) >= 11 is 0. The molecule has 0 radical (unpaired) electrons. The third kappa shape index (κ3) is 2.17. The van der Waals surface area contributed by atoms with Gasteiger partial charge < -0.3 is 5.32 Å². The van der Waals surface area contributed by atoms with Crippen molar-refractivity contribution in [2.45, 2.75) is 18.9 Å². The Balaban J connectivity index is 1.86. The fraction of sp³-hybridized carbons (Fsp3) is 0.188. The highest BCUT2D eigenvalue weighted by atomic mass is 19.1. The third-order valence-electron chi connectivity index (χ3n) is 3.56. The van der Waals surface area contributed by atoms with Crippen LogP contribution in [-0.2, 0) is 6.42 Å². The number of fused-ring (bicyclic) bond motifs is 1. The lowest BCUT2D eigenvalue weighted by Gasteiger charge is -2.16. The van der Waals surface area contributed by atoms with Gasteiger partial charge in [-0.3, -0.25) is 0 Å². The predicted molar refractivity (Wildman–Crippen MR) is 72.2 cm³/mol. The SMILES string of the molecule is N#Cc1ccc(NC2CCc3ccccc32)c(F)c1. The van der Waals surface area contributed by atoms with Gasteiger partial charge >= 0.3 is 0 Å². The molecular weight excluding hydrogens is 239 g/mol. The molecule has 0 bridgehead atoms. The summed E-state index contributed by atoms with van der Waals surface area (Å²) in [6.07, 6.45) is 1.99. The summed E-state index contributed by atoms with van der Waals surface area (Å²) in [7, 11) is 0. The van der Waals surface area contributed by atoms with Crippen LogP contribution in [0.3, 0.4) is 0 Å². The molecule has 0 amide bonds. The summed E-state index contributed by atoms with van der Waals surface area (Å²) in [4.78, 5) is 0. The van der Waals surface area contributed by atoms with Gasteiger partial charge in [0.2, 0.25) is 0 Å². The quantitative estimate of drug-likeness (QED) is 0.882. The lowest BCUT2D eigenvalue weighted by atomic mass is 10.1. The fourth-order valence-electron chi connectivity index (χ4n) is 2.60. The number of aryl methyl sites for hydroxylation is 1. The van der Waals surface area contributed by atoms with E-state index in [2.05, 4.69) is 17.4 Å². The number of hydrogen-bond donors (Lipinski definition) is 1. The van der Waals surface area contributed by atoms with E-state index >= 15 is 0 Å². The molecule has 19 heavy (non-hydrogen) atoms. The van der Waals surface area contributed by atoms with Gasteiger partial charge in [-0.2, -0.15) is 5.26 Å². The highest BCUT2D eigenvalue weighted by molar-refractivity contribution is 5.52. The van der Waals surface area contributed by atoms with Crippen molar-refractivity contribution in [3.05, 3.63) is 65.0 Å². The minimum Gasteiger partial charge on any atom is -0.376 e. The van der Waals surface area contributed by atoms with Crippen LogP contribution < -0.4 is 5.32 Å². The molecule has 1 unspecified atom stereocenters. The standard InChI is InChI=1S/C16H13FN2/c17-14-9-11(10-18)5-7-16(14)19-15-8-6-12-3-1-2-4-13(12)15/h1-5,7,9,15,19H,6,8H2. The second kappa shape index (κ2) is 4.74. The zero-order chi connectivity index (χ0) is 13.2. The van der Waals surface area contributed by atoms with Crippen LogP contribution in [0.15, 0.2) is 42.5 Å². The van der Waals surface area contributed by atoms with Crippen LogP contribution >= 0.6 is 0 Å². The number of nitrogens with one attached hydrogen (secondary N) is 1. The maximum atomic E-state index is 13.9. The smallest absolute Gasteiger partial charge is 0.147 e. The molecule has 1 atom stereocenters. The number of nitriles is 1. The number of halogens is 1. The summed E-state index contributed by atoms with van der Waals surface area (Å²) in [5, 5.41) is 12.0. The van der Waals surface area contributed by atoms with Gasteiger partial charge in [-0.1, -0.05) is 24.3 Å². The van der Waals surface area contributed by atoms with E-state index in [0.29, 0.717) is 11.3 Å². The molecule has 0 saturated carbocycles. The molecule has 0 aromatic heterocycles. The summed E-state index contributed by atoms with van der Waals surface area (Å²) in [5.74, 6) is -0.372. The van der Waals surface area contributed by atoms with Crippen LogP contribution in [0.5, 0.6) is 0 Å². The van der Waals surface area contributed by atoms with Crippen LogP contribution in [0.4, 0.5) is 10.1 Å². The predicted octanol–water partition coefficient (Wildman–Crippen LogP) is 3.80. The lowest BCUT2D eigenvalue weighted by Crippen LogP contribution is -2.08. The Bertz CT molecular complexity index is 658. The number of rotatable bonds is 2. The molecule has 3 heteroatoms. The second-order valence-corrected chi connectivity index (χ2v) is 4.74. The molecule has 1 aliphatic carbocycles. The maximum Gasteiger partial charge on any atom is 0.147 e. The van der Waals surface area contributed by atoms with E-state index in [1.807, 2.05) is 18.2 Å². The van der Waals surface area contributed by atoms with Crippen molar-refractivity contribution in [2.75, 3.05) is 5.32 Å². The van der Waals surface area contributed by atoms with Crippen molar-refractivity contribution in [2.24, 2.45) is 0 Å². The summed E-state index contributed by atoms with van der Waals surface area (Å²) in [5.41, 5.74) is 3.37. The first-order valence-electron chi connectivity index (χ1n) is 6.32. The Morgan fingerprint density at radius 3 is 2.84 bits per heavy atom. The summed E-state index contributed by atoms with van der Waals surface area (Å²) in [6, 6.07) is 14.9. The first kappa shape index (κ1) is 11.7. The highest BCUT2D eigenvalue weighted by Gasteiger charge is 2.22. The third-order valence-corrected chi connectivity index (χ3v) is 3.56. The molecule has 2 aromatic rings. The van der Waals surface area contributed by atoms with E-state index in [-0.39, 0.29) is 11.9 Å². The largest absolute Gasteiger partial charge is 0.376 e. The van der Waals surface area contributed by atoms with Crippen molar-refractivity contribution in [3.63, 3.8) is 0 Å². The van der Waals surface area contributed by atoms with Crippen LogP contribution in [0.25, 0.3) is 0 Å². The normalized spacial score (nSPS) is 16.7. The average Bonchev–Trinajstić information content (AvgIpc) is 2.84. The molecular formula is C16H13FN2. The van der Waals surface area contributed by atoms with Gasteiger partial charge in [-0.15, -0.1) is 0 Å². The van der Waals surface area contributed by atoms with Crippen molar-refractivity contribution >= 4 is 5.69 Å². The van der Waals surface area contributed by atoms with Crippen molar-refractivity contribution in [1.82, 2.24) is 0 Å². The molecule has 1 aliphatic rings. The van der Waals surface area contributed by atoms with Crippen LogP contribution in [0.2, 0.25) is 0 Å². The highest BCUT2D eigenvalue weighted by Crippen LogP contribution is 2.34. The molecule has 3 rings (SSSR count). The van der Waals surface area contributed by atoms with Gasteiger partial charge in [-0.25, -0.2) is 4.39 Å². The Kier molecular flexibility index (Phi) is 2.92. The van der Waals surface area contributed by atoms with Gasteiger partial charge in [0, 0.05) is 0 Å². The van der Waals surface area contributed by atoms with Crippen LogP contribution in [0.1, 0.15) is 29.2 Å². The lowest BCUT2D eigenvalue weighted by molar-refractivity contribution is 0.624. The molecule has 1 N–H and O–H groups in total. The van der Waals surface area contributed by atoms with E-state index in [4.69, 9.17) is 5.26 Å². The molecule has 94 valence electrons. The van der Waals surface area contributed by atoms with Crippen LogP contribution in [-0.4, -0.2) is 0 Å². The first-order chi connectivity index (χ1) is 9.28. The topological polar surface area (TPSA) is 35.8 Å². The monoisotopic (exact) mass is 252 g/mol. The molecule has 0 spiro atoms. The van der Waals surface area contributed by atoms with Crippen molar-refractivity contribution < 1.29 is 4.39 Å². The number of nitrogens with zero attached hydrogens (tertiary/aromatic N) is 1. The van der Waals surface area contributed by atoms with Crippen LogP contribution in [0, 0.1) is 17.1 Å². The Hall–Kier alpha value is -2.34. The minimum atomic E-state index is -0.372. The van der Waals surface area contributed by atoms with Crippen molar-refractivity contribution in [3.8, 4) is 6.07 Å². The van der Waals surface area contributed by atoms with Crippen molar-refractivity contribution in [1.29, 1.82) is 5.26 Å². The molecule has 2 aromatic carbocycles. The number of benzene rings is 2. The van der Waals surface area contributed by atoms with E-state index in [9.17, 15) is 4.39 Å². The van der Waals surface area contributed by atoms with Gasteiger partial charge in [0.05, 0.1) is 23.4 Å². The molecule has 0 aliphatic heterocycles. The Morgan fingerprint density at radius 2 is 2.05 bits per heavy atom. The average molecular weight is 252 g/mol.